The van der Waals surface area contributed by atoms with Crippen molar-refractivity contribution in [2.45, 2.75) is 6.61 Å². The van der Waals surface area contributed by atoms with Crippen molar-refractivity contribution in [1.82, 2.24) is 9.97 Å². The van der Waals surface area contributed by atoms with E-state index in [0.29, 0.717) is 10.8 Å². The Balaban J connectivity index is 2.70. The molecule has 0 aliphatic carbocycles. The minimum atomic E-state index is -0.0933. The zero-order chi connectivity index (χ0) is 9.42. The van der Waals surface area contributed by atoms with Crippen LogP contribution in [0, 0.1) is 0 Å². The molecule has 68 valence electrons. The van der Waals surface area contributed by atoms with Crippen molar-refractivity contribution in [1.29, 1.82) is 0 Å². The van der Waals surface area contributed by atoms with Crippen molar-refractivity contribution in [3.05, 3.63) is 27.5 Å². The van der Waals surface area contributed by atoms with Crippen LogP contribution in [0.1, 0.15) is 5.82 Å². The summed E-state index contributed by atoms with van der Waals surface area (Å²) < 4.78 is 0.803. The molecule has 2 N–H and O–H groups in total. The Kier molecular flexibility index (Phi) is 2.27. The van der Waals surface area contributed by atoms with E-state index in [4.69, 9.17) is 16.7 Å². The number of imidazole rings is 1. The van der Waals surface area contributed by atoms with Gasteiger partial charge in [0.1, 0.15) is 12.4 Å². The van der Waals surface area contributed by atoms with Crippen LogP contribution in [0.5, 0.6) is 0 Å². The number of aliphatic hydroxyl groups is 1. The molecule has 0 fully saturated rings. The van der Waals surface area contributed by atoms with Crippen LogP contribution < -0.4 is 0 Å². The molecule has 1 heterocycles. The Morgan fingerprint density at radius 3 is 3.00 bits per heavy atom. The maximum atomic E-state index is 8.84. The van der Waals surface area contributed by atoms with Crippen LogP contribution in [0.4, 0.5) is 0 Å². The van der Waals surface area contributed by atoms with Gasteiger partial charge in [-0.15, -0.1) is 0 Å². The fraction of sp³-hybridized carbons (Fsp3) is 0.125. The lowest BCUT2D eigenvalue weighted by Gasteiger charge is -1.93. The van der Waals surface area contributed by atoms with E-state index in [-0.39, 0.29) is 6.61 Å². The number of halogens is 2. The number of nitrogens with zero attached hydrogens (tertiary/aromatic N) is 1. The molecule has 1 aromatic carbocycles. The molecule has 0 aliphatic rings. The van der Waals surface area contributed by atoms with Crippen LogP contribution in [0.15, 0.2) is 16.6 Å². The summed E-state index contributed by atoms with van der Waals surface area (Å²) in [6.07, 6.45) is 0. The normalized spacial score (nSPS) is 11.0. The Morgan fingerprint density at radius 1 is 1.54 bits per heavy atom. The van der Waals surface area contributed by atoms with Gasteiger partial charge in [-0.2, -0.15) is 0 Å². The summed E-state index contributed by atoms with van der Waals surface area (Å²) >= 11 is 9.18. The maximum Gasteiger partial charge on any atom is 0.133 e. The summed E-state index contributed by atoms with van der Waals surface area (Å²) in [7, 11) is 0. The Bertz CT molecular complexity index is 416. The number of aromatic amines is 1. The first-order chi connectivity index (χ1) is 6.20. The molecule has 1 aromatic heterocycles. The van der Waals surface area contributed by atoms with E-state index in [1.54, 1.807) is 6.07 Å². The van der Waals surface area contributed by atoms with E-state index in [0.717, 1.165) is 15.5 Å². The summed E-state index contributed by atoms with van der Waals surface area (Å²) in [5, 5.41) is 9.46. The highest BCUT2D eigenvalue weighted by atomic mass is 79.9. The number of rotatable bonds is 1. The second-order valence-electron chi connectivity index (χ2n) is 2.63. The van der Waals surface area contributed by atoms with Crippen LogP contribution in [0.2, 0.25) is 5.02 Å². The average molecular weight is 262 g/mol. The third-order valence-electron chi connectivity index (χ3n) is 1.72. The monoisotopic (exact) mass is 260 g/mol. The number of hydrogen-bond donors (Lipinski definition) is 2. The molecule has 0 saturated carbocycles. The molecule has 2 rings (SSSR count). The van der Waals surface area contributed by atoms with Crippen molar-refractivity contribution >= 4 is 38.6 Å². The number of aromatic nitrogens is 2. The van der Waals surface area contributed by atoms with E-state index in [2.05, 4.69) is 25.9 Å². The van der Waals surface area contributed by atoms with Crippen LogP contribution >= 0.6 is 27.5 Å². The second-order valence-corrected chi connectivity index (χ2v) is 3.89. The van der Waals surface area contributed by atoms with Gasteiger partial charge >= 0.3 is 0 Å². The molecule has 0 aliphatic heterocycles. The van der Waals surface area contributed by atoms with E-state index < -0.39 is 0 Å². The molecule has 0 saturated heterocycles. The minimum absolute atomic E-state index is 0.0933. The molecule has 0 unspecified atom stereocenters. The molecule has 13 heavy (non-hydrogen) atoms. The largest absolute Gasteiger partial charge is 0.388 e. The Labute approximate surface area is 87.9 Å². The highest BCUT2D eigenvalue weighted by molar-refractivity contribution is 9.10. The van der Waals surface area contributed by atoms with Crippen LogP contribution in [-0.2, 0) is 6.61 Å². The minimum Gasteiger partial charge on any atom is -0.388 e. The second kappa shape index (κ2) is 3.29. The number of nitrogens with one attached hydrogen (secondary N) is 1. The van der Waals surface area contributed by atoms with Gasteiger partial charge in [-0.1, -0.05) is 11.6 Å². The molecule has 0 spiro atoms. The molecular weight excluding hydrogens is 255 g/mol. The number of benzene rings is 1. The predicted molar refractivity (Wildman–Crippen MR) is 54.7 cm³/mol. The van der Waals surface area contributed by atoms with Gasteiger partial charge in [0.05, 0.1) is 16.1 Å². The summed E-state index contributed by atoms with van der Waals surface area (Å²) in [5.74, 6) is 0.546. The highest BCUT2D eigenvalue weighted by Gasteiger charge is 2.04. The zero-order valence-electron chi connectivity index (χ0n) is 6.51. The standard InChI is InChI=1S/C8H6BrClN2O/c9-4-1-6-7(2-5(4)10)12-8(3-13)11-6/h1-2,13H,3H2,(H,11,12). The molecule has 0 atom stereocenters. The quantitative estimate of drug-likeness (QED) is 0.828. The third-order valence-corrected chi connectivity index (χ3v) is 2.92. The SMILES string of the molecule is OCc1nc2cc(Br)c(Cl)cc2[nH]1. The van der Waals surface area contributed by atoms with Crippen molar-refractivity contribution < 1.29 is 5.11 Å². The molecule has 3 nitrogen and oxygen atoms in total. The zero-order valence-corrected chi connectivity index (χ0v) is 8.85. The van der Waals surface area contributed by atoms with Gasteiger partial charge < -0.3 is 10.1 Å². The van der Waals surface area contributed by atoms with Gasteiger partial charge in [-0.05, 0) is 28.1 Å². The van der Waals surface area contributed by atoms with Gasteiger partial charge in [0.15, 0.2) is 0 Å². The van der Waals surface area contributed by atoms with Crippen LogP contribution in [0.3, 0.4) is 0 Å². The maximum absolute atomic E-state index is 8.84. The van der Waals surface area contributed by atoms with Gasteiger partial charge in [-0.25, -0.2) is 4.98 Å². The highest BCUT2D eigenvalue weighted by Crippen LogP contribution is 2.26. The van der Waals surface area contributed by atoms with Crippen LogP contribution in [-0.4, -0.2) is 15.1 Å². The van der Waals surface area contributed by atoms with Crippen molar-refractivity contribution in [3.8, 4) is 0 Å². The average Bonchev–Trinajstić information content (AvgIpc) is 2.48. The predicted octanol–water partition coefficient (Wildman–Crippen LogP) is 2.47. The van der Waals surface area contributed by atoms with Gasteiger partial charge in [0.25, 0.3) is 0 Å². The molecule has 0 amide bonds. The van der Waals surface area contributed by atoms with Crippen molar-refractivity contribution in [2.24, 2.45) is 0 Å². The summed E-state index contributed by atoms with van der Waals surface area (Å²) in [5.41, 5.74) is 1.62. The third kappa shape index (κ3) is 1.57. The smallest absolute Gasteiger partial charge is 0.133 e. The first kappa shape index (κ1) is 8.99. The molecule has 5 heteroatoms. The fourth-order valence-corrected chi connectivity index (χ4v) is 1.63. The number of hydrogen-bond acceptors (Lipinski definition) is 2. The Hall–Kier alpha value is -0.580. The lowest BCUT2D eigenvalue weighted by Crippen LogP contribution is -1.83. The summed E-state index contributed by atoms with van der Waals surface area (Å²) in [4.78, 5) is 7.09. The molecule has 0 radical (unpaired) electrons. The topological polar surface area (TPSA) is 48.9 Å². The summed E-state index contributed by atoms with van der Waals surface area (Å²) in [6.45, 7) is -0.0933. The summed E-state index contributed by atoms with van der Waals surface area (Å²) in [6, 6.07) is 3.58. The Morgan fingerprint density at radius 2 is 2.31 bits per heavy atom. The van der Waals surface area contributed by atoms with E-state index in [1.165, 1.54) is 0 Å². The number of aliphatic hydroxyl groups excluding tert-OH is 1. The van der Waals surface area contributed by atoms with E-state index in [1.807, 2.05) is 6.07 Å². The fourth-order valence-electron chi connectivity index (χ4n) is 1.13. The van der Waals surface area contributed by atoms with Crippen molar-refractivity contribution in [2.75, 3.05) is 0 Å². The lowest BCUT2D eigenvalue weighted by molar-refractivity contribution is 0.273. The molecule has 2 aromatic rings. The first-order valence-electron chi connectivity index (χ1n) is 3.65. The van der Waals surface area contributed by atoms with E-state index in [9.17, 15) is 0 Å². The lowest BCUT2D eigenvalue weighted by atomic mass is 10.3. The number of fused-ring (bicyclic) bond motifs is 1. The van der Waals surface area contributed by atoms with Gasteiger partial charge in [0, 0.05) is 4.47 Å². The van der Waals surface area contributed by atoms with E-state index >= 15 is 0 Å². The van der Waals surface area contributed by atoms with Gasteiger partial charge in [0.2, 0.25) is 0 Å². The number of H-pyrrole nitrogens is 1. The molecular formula is C8H6BrClN2O. The van der Waals surface area contributed by atoms with Crippen LogP contribution in [0.25, 0.3) is 11.0 Å². The van der Waals surface area contributed by atoms with Crippen molar-refractivity contribution in [3.63, 3.8) is 0 Å². The molecule has 0 bridgehead atoms. The van der Waals surface area contributed by atoms with Gasteiger partial charge in [-0.3, -0.25) is 0 Å². The first-order valence-corrected chi connectivity index (χ1v) is 4.82.